The van der Waals surface area contributed by atoms with Crippen molar-refractivity contribution in [3.63, 3.8) is 0 Å². The maximum Gasteiger partial charge on any atom is 0.410 e. The highest BCUT2D eigenvalue weighted by Gasteiger charge is 2.28. The van der Waals surface area contributed by atoms with Crippen LogP contribution in [0.1, 0.15) is 27.2 Å². The summed E-state index contributed by atoms with van der Waals surface area (Å²) in [4.78, 5) is 13.4. The number of likely N-dealkylation sites (tertiary alicyclic amines) is 1. The summed E-state index contributed by atoms with van der Waals surface area (Å²) >= 11 is 1.96. The topological polar surface area (TPSA) is 41.9 Å². The van der Waals surface area contributed by atoms with Gasteiger partial charge in [-0.1, -0.05) is 0 Å². The van der Waals surface area contributed by atoms with Crippen LogP contribution in [0.5, 0.6) is 0 Å². The van der Waals surface area contributed by atoms with Crippen LogP contribution in [0, 0.1) is 5.92 Å². The lowest BCUT2D eigenvalue weighted by Crippen LogP contribution is -2.35. The quantitative estimate of drug-likeness (QED) is 0.550. The lowest BCUT2D eigenvalue weighted by Gasteiger charge is -2.24. The Bertz CT molecular complexity index is 261. The molecule has 0 aromatic heterocycles. The smallest absolute Gasteiger partial charge is 0.410 e. The van der Waals surface area contributed by atoms with Gasteiger partial charge in [-0.05, 0) is 27.2 Å². The van der Waals surface area contributed by atoms with Gasteiger partial charge in [-0.25, -0.2) is 8.00 Å². The van der Waals surface area contributed by atoms with Gasteiger partial charge in [0.15, 0.2) is 0 Å². The molecule has 0 aromatic rings. The predicted octanol–water partition coefficient (Wildman–Crippen LogP) is 2.66. The largest absolute Gasteiger partial charge is 0.444 e. The van der Waals surface area contributed by atoms with Crippen molar-refractivity contribution in [2.45, 2.75) is 32.8 Å². The van der Waals surface area contributed by atoms with Crippen LogP contribution in [-0.4, -0.2) is 35.9 Å². The molecule has 1 aliphatic heterocycles. The molecule has 0 saturated carbocycles. The number of hydrogen-bond donors (Lipinski definition) is 0. The van der Waals surface area contributed by atoms with Crippen molar-refractivity contribution in [2.75, 3.05) is 13.1 Å². The summed E-state index contributed by atoms with van der Waals surface area (Å²) in [5.74, 6) is 0.384. The van der Waals surface area contributed by atoms with E-state index in [2.05, 4.69) is 3.21 Å². The first-order valence-corrected chi connectivity index (χ1v) is 6.01. The third-order valence-corrected chi connectivity index (χ3v) is 2.47. The van der Waals surface area contributed by atoms with Gasteiger partial charge in [0.1, 0.15) is 5.60 Å². The first-order valence-electron chi connectivity index (χ1n) is 5.05. The highest BCUT2D eigenvalue weighted by atomic mass is 127. The number of carbonyl (C=O) groups excluding carboxylic acids is 1. The van der Waals surface area contributed by atoms with E-state index >= 15 is 0 Å². The molecule has 0 aliphatic carbocycles. The van der Waals surface area contributed by atoms with Crippen LogP contribution in [0.3, 0.4) is 0 Å². The Morgan fingerprint density at radius 3 is 2.80 bits per heavy atom. The summed E-state index contributed by atoms with van der Waals surface area (Å²) in [5, 5.41) is 0. The second-order valence-electron chi connectivity index (χ2n) is 4.72. The van der Waals surface area contributed by atoms with Crippen molar-refractivity contribution in [1.82, 2.24) is 4.90 Å². The van der Waals surface area contributed by atoms with E-state index in [1.165, 1.54) is 0 Å². The monoisotopic (exact) mass is 324 g/mol. The van der Waals surface area contributed by atoms with Crippen molar-refractivity contribution in [3.05, 3.63) is 0 Å². The number of amides is 1. The summed E-state index contributed by atoms with van der Waals surface area (Å²) in [5.41, 5.74) is -0.410. The standard InChI is InChI=1S/C10H17IN2O2/c1-10(2,3)15-9(14)13-5-4-8(7-13)6-12-11/h6,8H,4-5,7H2,1-3H3. The molecule has 0 radical (unpaired) electrons. The van der Waals surface area contributed by atoms with E-state index in [9.17, 15) is 4.79 Å². The lowest BCUT2D eigenvalue weighted by atomic mass is 10.1. The Hall–Kier alpha value is -0.330. The van der Waals surface area contributed by atoms with Gasteiger partial charge in [0.25, 0.3) is 0 Å². The highest BCUT2D eigenvalue weighted by Crippen LogP contribution is 2.18. The molecule has 0 aromatic carbocycles. The molecule has 1 fully saturated rings. The summed E-state index contributed by atoms with van der Waals surface area (Å²) in [6.45, 7) is 7.13. The van der Waals surface area contributed by atoms with E-state index < -0.39 is 5.60 Å². The van der Waals surface area contributed by atoms with E-state index in [1.54, 1.807) is 4.90 Å². The van der Waals surface area contributed by atoms with E-state index in [4.69, 9.17) is 4.74 Å². The van der Waals surface area contributed by atoms with E-state index in [1.807, 2.05) is 49.9 Å². The minimum absolute atomic E-state index is 0.216. The second-order valence-corrected chi connectivity index (χ2v) is 5.28. The minimum atomic E-state index is -0.410. The fourth-order valence-electron chi connectivity index (χ4n) is 1.48. The van der Waals surface area contributed by atoms with Crippen LogP contribution in [0.25, 0.3) is 0 Å². The molecule has 1 amide bonds. The molecule has 1 heterocycles. The molecular formula is C10H17IN2O2. The third-order valence-electron chi connectivity index (χ3n) is 2.14. The molecule has 15 heavy (non-hydrogen) atoms. The minimum Gasteiger partial charge on any atom is -0.444 e. The molecule has 1 rings (SSSR count). The normalized spacial score (nSPS) is 22.4. The van der Waals surface area contributed by atoms with Gasteiger partial charge < -0.3 is 9.64 Å². The Morgan fingerprint density at radius 2 is 2.27 bits per heavy atom. The molecule has 1 saturated heterocycles. The number of rotatable bonds is 1. The fourth-order valence-corrected chi connectivity index (χ4v) is 1.94. The summed E-state index contributed by atoms with van der Waals surface area (Å²) < 4.78 is 9.24. The van der Waals surface area contributed by atoms with Crippen molar-refractivity contribution in [3.8, 4) is 0 Å². The summed E-state index contributed by atoms with van der Waals surface area (Å²) in [7, 11) is 0. The Balaban J connectivity index is 2.43. The van der Waals surface area contributed by atoms with E-state index in [-0.39, 0.29) is 6.09 Å². The Morgan fingerprint density at radius 1 is 1.60 bits per heavy atom. The van der Waals surface area contributed by atoms with Gasteiger partial charge in [-0.2, -0.15) is 0 Å². The zero-order valence-corrected chi connectivity index (χ0v) is 11.5. The van der Waals surface area contributed by atoms with E-state index in [0.717, 1.165) is 19.5 Å². The summed E-state index contributed by atoms with van der Waals surface area (Å²) in [6.07, 6.45) is 2.66. The van der Waals surface area contributed by atoms with Crippen molar-refractivity contribution in [1.29, 1.82) is 0 Å². The molecule has 0 N–H and O–H groups in total. The van der Waals surface area contributed by atoms with Gasteiger partial charge >= 0.3 is 6.09 Å². The van der Waals surface area contributed by atoms with Crippen molar-refractivity contribution in [2.24, 2.45) is 9.12 Å². The van der Waals surface area contributed by atoms with Crippen molar-refractivity contribution >= 4 is 35.2 Å². The van der Waals surface area contributed by atoms with E-state index in [0.29, 0.717) is 5.92 Å². The second kappa shape index (κ2) is 5.14. The lowest BCUT2D eigenvalue weighted by molar-refractivity contribution is 0.0292. The number of hydrogen-bond acceptors (Lipinski definition) is 3. The van der Waals surface area contributed by atoms with Crippen LogP contribution in [0.4, 0.5) is 4.79 Å². The Labute approximate surface area is 105 Å². The molecule has 1 atom stereocenters. The van der Waals surface area contributed by atoms with Gasteiger partial charge in [0.2, 0.25) is 0 Å². The zero-order valence-electron chi connectivity index (χ0n) is 9.36. The van der Waals surface area contributed by atoms with Crippen LogP contribution in [0.15, 0.2) is 3.21 Å². The third kappa shape index (κ3) is 4.36. The fraction of sp³-hybridized carbons (Fsp3) is 0.800. The number of ether oxygens (including phenoxy) is 1. The molecule has 1 aliphatic rings. The molecular weight excluding hydrogens is 307 g/mol. The average molecular weight is 324 g/mol. The zero-order chi connectivity index (χ0) is 11.5. The molecule has 4 nitrogen and oxygen atoms in total. The van der Waals surface area contributed by atoms with Gasteiger partial charge in [0, 0.05) is 25.2 Å². The number of halogens is 1. The van der Waals surface area contributed by atoms with Gasteiger partial charge in [0.05, 0.1) is 22.9 Å². The molecule has 0 bridgehead atoms. The van der Waals surface area contributed by atoms with Crippen LogP contribution in [-0.2, 0) is 4.74 Å². The molecule has 5 heteroatoms. The highest BCUT2D eigenvalue weighted by molar-refractivity contribution is 14.1. The van der Waals surface area contributed by atoms with Crippen molar-refractivity contribution < 1.29 is 9.53 Å². The molecule has 0 spiro atoms. The van der Waals surface area contributed by atoms with Crippen LogP contribution in [0.2, 0.25) is 0 Å². The SMILES string of the molecule is CC(C)(C)OC(=O)N1CCC(C=NI)C1. The first-order chi connectivity index (χ1) is 6.92. The number of carbonyl (C=O) groups is 1. The van der Waals surface area contributed by atoms with Gasteiger partial charge in [-0.15, -0.1) is 0 Å². The Kier molecular flexibility index (Phi) is 4.36. The maximum absolute atomic E-state index is 11.7. The first kappa shape index (κ1) is 12.7. The average Bonchev–Trinajstić information content (AvgIpc) is 2.50. The van der Waals surface area contributed by atoms with Gasteiger partial charge in [-0.3, -0.25) is 0 Å². The summed E-state index contributed by atoms with van der Waals surface area (Å²) in [6, 6.07) is 0. The molecule has 1 unspecified atom stereocenters. The van der Waals surface area contributed by atoms with Crippen LogP contribution >= 0.6 is 22.9 Å². The number of nitrogens with zero attached hydrogens (tertiary/aromatic N) is 2. The predicted molar refractivity (Wildman–Crippen MR) is 68.4 cm³/mol. The van der Waals surface area contributed by atoms with Crippen LogP contribution < -0.4 is 0 Å². The molecule has 86 valence electrons. The maximum atomic E-state index is 11.7.